The molecule has 0 fully saturated rings. The Morgan fingerprint density at radius 3 is 1.75 bits per heavy atom. The lowest BCUT2D eigenvalue weighted by Gasteiger charge is -2.45. The van der Waals surface area contributed by atoms with Crippen molar-refractivity contribution >= 4 is 29.2 Å². The van der Waals surface area contributed by atoms with Gasteiger partial charge in [0.25, 0.3) is 0 Å². The molecule has 0 heterocycles. The van der Waals surface area contributed by atoms with Gasteiger partial charge in [0.15, 0.2) is 0 Å². The molecule has 1 N–H and O–H groups in total. The number of benzene rings is 1. The fourth-order valence-electron chi connectivity index (χ4n) is 4.69. The highest BCUT2D eigenvalue weighted by molar-refractivity contribution is 6.95. The Labute approximate surface area is 154 Å². The first kappa shape index (κ1) is 21.2. The third-order valence-electron chi connectivity index (χ3n) is 6.07. The Morgan fingerprint density at radius 2 is 1.33 bits per heavy atom. The van der Waals surface area contributed by atoms with Gasteiger partial charge in [0.1, 0.15) is 0 Å². The predicted octanol–water partition coefficient (Wildman–Crippen LogP) is 5.03. The zero-order chi connectivity index (χ0) is 18.7. The quantitative estimate of drug-likeness (QED) is 0.671. The van der Waals surface area contributed by atoms with Gasteiger partial charge in [0, 0.05) is 22.0 Å². The molecule has 1 aromatic carbocycles. The van der Waals surface area contributed by atoms with Crippen molar-refractivity contribution in [2.24, 2.45) is 0 Å². The van der Waals surface area contributed by atoms with Crippen LogP contribution in [0.4, 0.5) is 5.69 Å². The maximum Gasteiger partial charge on any atom is 0.0969 e. The second-order valence-electron chi connectivity index (χ2n) is 8.49. The van der Waals surface area contributed by atoms with E-state index in [-0.39, 0.29) is 0 Å². The Bertz CT molecular complexity index is 547. The summed E-state index contributed by atoms with van der Waals surface area (Å²) in [6.07, 6.45) is 0. The van der Waals surface area contributed by atoms with Gasteiger partial charge in [0.05, 0.1) is 8.07 Å². The molecule has 0 bridgehead atoms. The summed E-state index contributed by atoms with van der Waals surface area (Å²) in [4.78, 5) is 0. The third kappa shape index (κ3) is 4.05. The van der Waals surface area contributed by atoms with Crippen molar-refractivity contribution < 1.29 is 0 Å². The number of rotatable bonds is 7. The lowest BCUT2D eigenvalue weighted by atomic mass is 10.1. The zero-order valence-electron chi connectivity index (χ0n) is 17.6. The summed E-state index contributed by atoms with van der Waals surface area (Å²) >= 11 is 0. The molecule has 24 heavy (non-hydrogen) atoms. The van der Waals surface area contributed by atoms with Crippen molar-refractivity contribution in [2.45, 2.75) is 85.0 Å². The average Bonchev–Trinajstić information content (AvgIpc) is 2.47. The lowest BCUT2D eigenvalue weighted by Crippen LogP contribution is -2.56. The van der Waals surface area contributed by atoms with E-state index in [0.29, 0.717) is 6.04 Å². The minimum absolute atomic E-state index is 0.404. The summed E-state index contributed by atoms with van der Waals surface area (Å²) in [5.74, 6) is 0. The van der Waals surface area contributed by atoms with Crippen LogP contribution in [0.2, 0.25) is 16.6 Å². The number of anilines is 1. The van der Waals surface area contributed by atoms with Crippen LogP contribution in [0.1, 0.15) is 62.3 Å². The smallest absolute Gasteiger partial charge is 0.0969 e. The van der Waals surface area contributed by atoms with Crippen LogP contribution in [-0.4, -0.2) is 24.4 Å². The van der Waals surface area contributed by atoms with Crippen LogP contribution in [0, 0.1) is 0 Å². The van der Waals surface area contributed by atoms with Gasteiger partial charge in [-0.3, -0.25) is 0 Å². The van der Waals surface area contributed by atoms with Gasteiger partial charge in [0.2, 0.25) is 0 Å². The van der Waals surface area contributed by atoms with E-state index >= 15 is 0 Å². The third-order valence-corrected chi connectivity index (χ3v) is 14.0. The van der Waals surface area contributed by atoms with Crippen molar-refractivity contribution in [2.75, 3.05) is 5.32 Å². The van der Waals surface area contributed by atoms with Crippen molar-refractivity contribution in [3.05, 3.63) is 35.0 Å². The topological polar surface area (TPSA) is 12.0 Å². The predicted molar refractivity (Wildman–Crippen MR) is 119 cm³/mol. The molecule has 136 valence electrons. The van der Waals surface area contributed by atoms with E-state index in [2.05, 4.69) is 91.9 Å². The summed E-state index contributed by atoms with van der Waals surface area (Å²) in [6, 6.07) is 9.54. The molecule has 0 saturated heterocycles. The molecule has 0 aromatic heterocycles. The number of para-hydroxylation sites is 1. The summed E-state index contributed by atoms with van der Waals surface area (Å²) in [5.41, 5.74) is 5.06. The Balaban J connectivity index is 3.47. The van der Waals surface area contributed by atoms with Gasteiger partial charge in [-0.25, -0.2) is 0 Å². The maximum absolute atomic E-state index is 3.86. The highest BCUT2D eigenvalue weighted by atomic mass is 28.3. The van der Waals surface area contributed by atoms with Gasteiger partial charge in [-0.2, -0.15) is 0 Å². The molecule has 0 aliphatic carbocycles. The molecule has 0 spiro atoms. The lowest BCUT2D eigenvalue weighted by molar-refractivity contribution is 0.834. The SMILES string of the molecule is CC([SiH3])=C(C)C(C)Nc1ccccc1[Si](C(C)C)(C(C)C)C(C)C. The Hall–Kier alpha value is -0.806. The summed E-state index contributed by atoms with van der Waals surface area (Å²) in [5, 5.41) is 7.03. The normalized spacial score (nSPS) is 15.2. The van der Waals surface area contributed by atoms with Gasteiger partial charge < -0.3 is 5.32 Å². The summed E-state index contributed by atoms with van der Waals surface area (Å²) < 4.78 is 0. The van der Waals surface area contributed by atoms with E-state index in [1.807, 2.05) is 0 Å². The van der Waals surface area contributed by atoms with E-state index in [1.165, 1.54) is 11.3 Å². The number of hydrogen-bond acceptors (Lipinski definition) is 1. The molecule has 0 saturated carbocycles. The van der Waals surface area contributed by atoms with Crippen molar-refractivity contribution in [1.82, 2.24) is 0 Å². The molecule has 0 aliphatic rings. The van der Waals surface area contributed by atoms with Crippen LogP contribution in [0.3, 0.4) is 0 Å². The van der Waals surface area contributed by atoms with Crippen molar-refractivity contribution in [3.8, 4) is 0 Å². The van der Waals surface area contributed by atoms with E-state index in [0.717, 1.165) is 26.9 Å². The maximum atomic E-state index is 3.86. The molecular weight excluding hydrogens is 322 g/mol. The standard InChI is InChI=1S/C21H39NSi2/c1-14(2)24(15(3)4,16(5)6)21-13-11-10-12-20(21)22-18(8)17(7)19(9)23/h10-16,18,22H,1-9,23H3. The monoisotopic (exact) mass is 361 g/mol. The molecule has 0 aliphatic heterocycles. The first-order valence-corrected chi connectivity index (χ1v) is 12.8. The summed E-state index contributed by atoms with van der Waals surface area (Å²) in [6.45, 7) is 21.5. The second-order valence-corrected chi connectivity index (χ2v) is 15.9. The minimum atomic E-state index is -1.65. The molecule has 0 amide bonds. The minimum Gasteiger partial charge on any atom is -0.379 e. The second kappa shape index (κ2) is 8.53. The number of hydrogen-bond donors (Lipinski definition) is 1. The molecule has 1 aromatic rings. The first-order chi connectivity index (χ1) is 11.1. The van der Waals surface area contributed by atoms with E-state index < -0.39 is 8.07 Å². The molecule has 1 unspecified atom stereocenters. The van der Waals surface area contributed by atoms with Crippen LogP contribution >= 0.6 is 0 Å². The van der Waals surface area contributed by atoms with Gasteiger partial charge in [-0.15, -0.1) is 0 Å². The highest BCUT2D eigenvalue weighted by Gasteiger charge is 2.45. The van der Waals surface area contributed by atoms with Crippen LogP contribution in [0.25, 0.3) is 0 Å². The van der Waals surface area contributed by atoms with Crippen LogP contribution in [0.5, 0.6) is 0 Å². The number of nitrogens with one attached hydrogen (secondary N) is 1. The van der Waals surface area contributed by atoms with E-state index in [1.54, 1.807) is 10.4 Å². The number of allylic oxidation sites excluding steroid dienone is 1. The van der Waals surface area contributed by atoms with Gasteiger partial charge in [-0.1, -0.05) is 70.5 Å². The molecule has 3 heteroatoms. The van der Waals surface area contributed by atoms with Crippen molar-refractivity contribution in [1.29, 1.82) is 0 Å². The van der Waals surface area contributed by atoms with Crippen LogP contribution < -0.4 is 10.5 Å². The molecule has 1 atom stereocenters. The summed E-state index contributed by atoms with van der Waals surface area (Å²) in [7, 11) is -0.500. The first-order valence-electron chi connectivity index (χ1n) is 9.56. The van der Waals surface area contributed by atoms with Gasteiger partial charge >= 0.3 is 0 Å². The Kier molecular flexibility index (Phi) is 7.54. The Morgan fingerprint density at radius 1 is 0.875 bits per heavy atom. The zero-order valence-corrected chi connectivity index (χ0v) is 20.6. The largest absolute Gasteiger partial charge is 0.379 e. The fourth-order valence-corrected chi connectivity index (χ4v) is 12.0. The van der Waals surface area contributed by atoms with Crippen LogP contribution in [0.15, 0.2) is 35.0 Å². The molecule has 1 rings (SSSR count). The van der Waals surface area contributed by atoms with E-state index in [4.69, 9.17) is 0 Å². The fraction of sp³-hybridized carbons (Fsp3) is 0.619. The highest BCUT2D eigenvalue weighted by Crippen LogP contribution is 2.42. The van der Waals surface area contributed by atoms with Crippen molar-refractivity contribution in [3.63, 3.8) is 0 Å². The van der Waals surface area contributed by atoms with Crippen LogP contribution in [-0.2, 0) is 0 Å². The van der Waals surface area contributed by atoms with E-state index in [9.17, 15) is 0 Å². The van der Waals surface area contributed by atoms with Gasteiger partial charge in [-0.05, 0) is 48.6 Å². The molecule has 1 nitrogen and oxygen atoms in total. The molecular formula is C21H39NSi2. The molecule has 0 radical (unpaired) electrons. The average molecular weight is 362 g/mol.